The number of hydrogen-bond acceptors (Lipinski definition) is 1. The van der Waals surface area contributed by atoms with E-state index >= 15 is 0 Å². The van der Waals surface area contributed by atoms with E-state index in [4.69, 9.17) is 16.7 Å². The van der Waals surface area contributed by atoms with Gasteiger partial charge in [0.25, 0.3) is 0 Å². The molecular weight excluding hydrogens is 275 g/mol. The van der Waals surface area contributed by atoms with Crippen molar-refractivity contribution in [2.75, 3.05) is 0 Å². The molecule has 0 bridgehead atoms. The molecule has 4 heteroatoms. The van der Waals surface area contributed by atoms with Crippen LogP contribution in [-0.2, 0) is 4.79 Å². The van der Waals surface area contributed by atoms with Crippen LogP contribution in [0.2, 0.25) is 0 Å². The number of rotatable bonds is 12. The minimum Gasteiger partial charge on any atom is -1.00 e. The Kier molecular flexibility index (Phi) is 19.8. The van der Waals surface area contributed by atoms with Crippen LogP contribution in [0.1, 0.15) is 79.0 Å². The minimum atomic E-state index is -0.886. The fourth-order valence-corrected chi connectivity index (χ4v) is 2.09. The molecule has 18 heavy (non-hydrogen) atoms. The molecule has 0 aliphatic rings. The Morgan fingerprint density at radius 1 is 1.00 bits per heavy atom. The Labute approximate surface area is 161 Å². The van der Waals surface area contributed by atoms with Crippen molar-refractivity contribution < 1.29 is 62.7 Å². The van der Waals surface area contributed by atoms with Gasteiger partial charge in [-0.15, -0.1) is 11.6 Å². The van der Waals surface area contributed by atoms with Gasteiger partial charge in [0, 0.05) is 0 Å². The molecule has 0 aromatic carbocycles. The van der Waals surface area contributed by atoms with Crippen molar-refractivity contribution in [3.63, 3.8) is 0 Å². The maximum Gasteiger partial charge on any atom is 1.00 e. The van der Waals surface area contributed by atoms with Crippen LogP contribution in [0.25, 0.3) is 0 Å². The van der Waals surface area contributed by atoms with E-state index in [9.17, 15) is 4.79 Å². The molecule has 0 aromatic heterocycles. The molecule has 2 nitrogen and oxygen atoms in total. The molecule has 1 unspecified atom stereocenters. The van der Waals surface area contributed by atoms with Crippen molar-refractivity contribution in [3.05, 3.63) is 0 Å². The summed E-state index contributed by atoms with van der Waals surface area (Å²) < 4.78 is 0. The summed E-state index contributed by atoms with van der Waals surface area (Å²) in [5, 5.41) is 7.90. The number of hydrogen-bond donors (Lipinski definition) is 1. The van der Waals surface area contributed by atoms with Crippen molar-refractivity contribution in [1.82, 2.24) is 0 Å². The van der Waals surface area contributed by atoms with Crippen LogP contribution in [0.5, 0.6) is 0 Å². The molecule has 0 rings (SSSR count). The summed E-state index contributed by atoms with van der Waals surface area (Å²) in [6.07, 6.45) is 13.3. The second kappa shape index (κ2) is 16.5. The largest absolute Gasteiger partial charge is 1.00 e. The molecule has 0 aromatic rings. The van der Waals surface area contributed by atoms with E-state index in [1.54, 1.807) is 0 Å². The molecule has 0 fully saturated rings. The van der Waals surface area contributed by atoms with E-state index < -0.39 is 11.3 Å². The van der Waals surface area contributed by atoms with Crippen LogP contribution >= 0.6 is 11.6 Å². The number of carboxylic acids is 1. The summed E-state index contributed by atoms with van der Waals surface area (Å²) >= 11 is 5.63. The summed E-state index contributed by atoms with van der Waals surface area (Å²) in [4.78, 5) is 10.5. The van der Waals surface area contributed by atoms with Crippen LogP contribution in [0.15, 0.2) is 0 Å². The van der Waals surface area contributed by atoms with Crippen molar-refractivity contribution in [3.8, 4) is 0 Å². The molecule has 0 aliphatic heterocycles. The minimum absolute atomic E-state index is 0. The molecule has 0 heterocycles. The van der Waals surface area contributed by atoms with Gasteiger partial charge in [0.15, 0.2) is 0 Å². The first-order valence-corrected chi connectivity index (χ1v) is 7.49. The zero-order chi connectivity index (χ0) is 12.9. The molecule has 0 spiro atoms. The molecule has 1 N–H and O–H groups in total. The summed E-state index contributed by atoms with van der Waals surface area (Å²) in [6.45, 7) is 2.24. The first-order chi connectivity index (χ1) is 8.18. The quantitative estimate of drug-likeness (QED) is 0.341. The van der Waals surface area contributed by atoms with Gasteiger partial charge in [0.1, 0.15) is 5.38 Å². The maximum atomic E-state index is 10.5. The Bertz CT molecular complexity index is 194. The van der Waals surface area contributed by atoms with Crippen LogP contribution in [0, 0.1) is 0 Å². The average Bonchev–Trinajstić information content (AvgIpc) is 2.31. The Balaban J connectivity index is -0.00000128. The Morgan fingerprint density at radius 2 is 1.39 bits per heavy atom. The molecule has 1 atom stereocenters. The average molecular weight is 303 g/mol. The molecule has 0 saturated carbocycles. The van der Waals surface area contributed by atoms with Crippen molar-refractivity contribution in [2.45, 2.75) is 82.9 Å². The SMILES string of the molecule is CCCCCCCCCCCCC(Cl)C(=O)O.[H-].[K+]. The summed E-state index contributed by atoms with van der Waals surface area (Å²) in [5.74, 6) is -0.886. The van der Waals surface area contributed by atoms with E-state index in [2.05, 4.69) is 6.92 Å². The van der Waals surface area contributed by atoms with Gasteiger partial charge in [-0.25, -0.2) is 0 Å². The Hall–Kier alpha value is 1.40. The predicted molar refractivity (Wildman–Crippen MR) is 74.8 cm³/mol. The second-order valence-corrected chi connectivity index (χ2v) is 5.30. The Morgan fingerprint density at radius 3 is 1.78 bits per heavy atom. The third-order valence-electron chi connectivity index (χ3n) is 3.08. The smallest absolute Gasteiger partial charge is 1.00 e. The van der Waals surface area contributed by atoms with Crippen molar-refractivity contribution >= 4 is 17.6 Å². The van der Waals surface area contributed by atoms with Crippen molar-refractivity contribution in [1.29, 1.82) is 0 Å². The van der Waals surface area contributed by atoms with E-state index in [1.807, 2.05) is 0 Å². The normalized spacial score (nSPS) is 11.9. The van der Waals surface area contributed by atoms with E-state index in [0.717, 1.165) is 12.8 Å². The number of carboxylic acid groups (broad SMARTS) is 1. The number of alkyl halides is 1. The van der Waals surface area contributed by atoms with Gasteiger partial charge in [-0.05, 0) is 6.42 Å². The molecule has 0 aliphatic carbocycles. The molecule has 104 valence electrons. The van der Waals surface area contributed by atoms with Crippen LogP contribution < -0.4 is 51.4 Å². The van der Waals surface area contributed by atoms with Crippen molar-refractivity contribution in [2.24, 2.45) is 0 Å². The monoisotopic (exact) mass is 302 g/mol. The van der Waals surface area contributed by atoms with Gasteiger partial charge >= 0.3 is 57.4 Å². The van der Waals surface area contributed by atoms with Crippen LogP contribution in [0.4, 0.5) is 0 Å². The van der Waals surface area contributed by atoms with Gasteiger partial charge in [-0.3, -0.25) is 4.79 Å². The molecular formula is C14H28ClKO2. The summed E-state index contributed by atoms with van der Waals surface area (Å²) in [7, 11) is 0. The van der Waals surface area contributed by atoms with Gasteiger partial charge in [0.2, 0.25) is 0 Å². The number of unbranched alkanes of at least 4 members (excludes halogenated alkanes) is 9. The third kappa shape index (κ3) is 15.5. The molecule has 0 saturated heterocycles. The topological polar surface area (TPSA) is 37.3 Å². The number of aliphatic carboxylic acids is 1. The van der Waals surface area contributed by atoms with E-state index in [-0.39, 0.29) is 52.8 Å². The maximum absolute atomic E-state index is 10.5. The van der Waals surface area contributed by atoms with Gasteiger partial charge in [-0.2, -0.15) is 0 Å². The van der Waals surface area contributed by atoms with Gasteiger partial charge < -0.3 is 6.53 Å². The van der Waals surface area contributed by atoms with Gasteiger partial charge in [0.05, 0.1) is 0 Å². The zero-order valence-corrected chi connectivity index (χ0v) is 16.0. The number of halogens is 1. The van der Waals surface area contributed by atoms with Crippen LogP contribution in [-0.4, -0.2) is 16.5 Å². The second-order valence-electron chi connectivity index (χ2n) is 4.78. The fourth-order valence-electron chi connectivity index (χ4n) is 1.93. The zero-order valence-electron chi connectivity index (χ0n) is 13.1. The summed E-state index contributed by atoms with van der Waals surface area (Å²) in [6, 6.07) is 0. The number of carbonyl (C=O) groups is 1. The summed E-state index contributed by atoms with van der Waals surface area (Å²) in [5.41, 5.74) is 0. The first-order valence-electron chi connectivity index (χ1n) is 7.05. The van der Waals surface area contributed by atoms with E-state index in [1.165, 1.54) is 51.4 Å². The van der Waals surface area contributed by atoms with Crippen LogP contribution in [0.3, 0.4) is 0 Å². The first kappa shape index (κ1) is 21.7. The third-order valence-corrected chi connectivity index (χ3v) is 3.48. The predicted octanol–water partition coefficient (Wildman–Crippen LogP) is 2.11. The van der Waals surface area contributed by atoms with Gasteiger partial charge in [-0.1, -0.05) is 71.1 Å². The molecule has 0 amide bonds. The fraction of sp³-hybridized carbons (Fsp3) is 0.929. The van der Waals surface area contributed by atoms with E-state index in [0.29, 0.717) is 6.42 Å². The molecule has 0 radical (unpaired) electrons. The standard InChI is InChI=1S/C14H27ClO2.K.H/c1-2-3-4-5-6-7-8-9-10-11-12-13(15)14(16)17;;/h13H,2-12H2,1H3,(H,16,17);;/q;+1;-1.